The first kappa shape index (κ1) is 29.1. The number of benzene rings is 2. The van der Waals surface area contributed by atoms with Gasteiger partial charge in [-0.2, -0.15) is 5.10 Å². The molecule has 11 nitrogen and oxygen atoms in total. The van der Waals surface area contributed by atoms with Crippen molar-refractivity contribution >= 4 is 40.1 Å². The van der Waals surface area contributed by atoms with Crippen molar-refractivity contribution in [3.8, 4) is 29.6 Å². The van der Waals surface area contributed by atoms with Gasteiger partial charge in [0.1, 0.15) is 12.4 Å². The Labute approximate surface area is 234 Å². The number of ether oxygens (including phenoxy) is 4. The Morgan fingerprint density at radius 3 is 2.64 bits per heavy atom. The monoisotopic (exact) mass is 598 g/mol. The Hall–Kier alpha value is -4.50. The van der Waals surface area contributed by atoms with Crippen molar-refractivity contribution in [3.63, 3.8) is 0 Å². The molecule has 12 heteroatoms. The highest BCUT2D eigenvalue weighted by Gasteiger charge is 2.32. The van der Waals surface area contributed by atoms with Gasteiger partial charge in [0.2, 0.25) is 0 Å². The molecule has 2 aromatic rings. The van der Waals surface area contributed by atoms with Crippen molar-refractivity contribution in [2.45, 2.75) is 19.9 Å². The zero-order chi connectivity index (χ0) is 28.4. The van der Waals surface area contributed by atoms with Crippen LogP contribution in [0.15, 0.2) is 57.2 Å². The minimum Gasteiger partial charge on any atom is -0.493 e. The van der Waals surface area contributed by atoms with E-state index in [9.17, 15) is 14.4 Å². The molecule has 3 N–H and O–H groups in total. The summed E-state index contributed by atoms with van der Waals surface area (Å²) >= 11 is 3.39. The van der Waals surface area contributed by atoms with Crippen LogP contribution in [0.1, 0.15) is 31.0 Å². The van der Waals surface area contributed by atoms with Gasteiger partial charge in [-0.15, -0.1) is 6.42 Å². The van der Waals surface area contributed by atoms with Gasteiger partial charge in [0, 0.05) is 5.70 Å². The molecule has 0 fully saturated rings. The first-order valence-electron chi connectivity index (χ1n) is 11.7. The Morgan fingerprint density at radius 2 is 1.95 bits per heavy atom. The molecule has 0 aliphatic carbocycles. The molecule has 0 bridgehead atoms. The number of urea groups is 1. The van der Waals surface area contributed by atoms with Crippen molar-refractivity contribution in [1.29, 1.82) is 0 Å². The summed E-state index contributed by atoms with van der Waals surface area (Å²) in [5.41, 5.74) is 4.32. The van der Waals surface area contributed by atoms with Crippen LogP contribution in [-0.2, 0) is 14.3 Å². The SMILES string of the molecule is C#CCOc1ccc(/C=N\NC(=O)COc2ccc([C@@H]3NC(=O)NC(C)=C3C(=O)OCC)cc2OC)cc1Br. The summed E-state index contributed by atoms with van der Waals surface area (Å²) < 4.78 is 22.3. The Bertz CT molecular complexity index is 1350. The molecular formula is C27H27BrN4O7. The molecule has 1 heterocycles. The molecule has 0 unspecified atom stereocenters. The van der Waals surface area contributed by atoms with Crippen LogP contribution in [-0.4, -0.2) is 51.1 Å². The van der Waals surface area contributed by atoms with Crippen molar-refractivity contribution in [3.05, 3.63) is 63.3 Å². The molecule has 0 aromatic heterocycles. The normalized spacial score (nSPS) is 14.6. The fraction of sp³-hybridized carbons (Fsp3) is 0.259. The molecule has 39 heavy (non-hydrogen) atoms. The van der Waals surface area contributed by atoms with Crippen LogP contribution >= 0.6 is 15.9 Å². The number of hydrogen-bond donors (Lipinski definition) is 3. The second-order valence-corrected chi connectivity index (χ2v) is 8.82. The zero-order valence-corrected chi connectivity index (χ0v) is 23.1. The molecule has 204 valence electrons. The van der Waals surface area contributed by atoms with E-state index in [1.54, 1.807) is 50.2 Å². The summed E-state index contributed by atoms with van der Waals surface area (Å²) in [6.07, 6.45) is 6.66. The van der Waals surface area contributed by atoms with E-state index in [0.29, 0.717) is 32.8 Å². The van der Waals surface area contributed by atoms with E-state index in [2.05, 4.69) is 43.0 Å². The summed E-state index contributed by atoms with van der Waals surface area (Å²) in [4.78, 5) is 36.9. The summed E-state index contributed by atoms with van der Waals surface area (Å²) in [6.45, 7) is 3.31. The Morgan fingerprint density at radius 1 is 1.18 bits per heavy atom. The minimum atomic E-state index is -0.767. The molecular weight excluding hydrogens is 572 g/mol. The van der Waals surface area contributed by atoms with Gasteiger partial charge in [0.25, 0.3) is 5.91 Å². The lowest BCUT2D eigenvalue weighted by molar-refractivity contribution is -0.139. The number of hydrazone groups is 1. The van der Waals surface area contributed by atoms with Gasteiger partial charge >= 0.3 is 12.0 Å². The van der Waals surface area contributed by atoms with E-state index < -0.39 is 23.9 Å². The number of rotatable bonds is 11. The number of terminal acetylenes is 1. The average molecular weight is 599 g/mol. The van der Waals surface area contributed by atoms with Gasteiger partial charge in [-0.1, -0.05) is 12.0 Å². The second-order valence-electron chi connectivity index (χ2n) is 7.97. The third-order valence-electron chi connectivity index (χ3n) is 5.31. The summed E-state index contributed by atoms with van der Waals surface area (Å²) in [5, 5.41) is 9.24. The van der Waals surface area contributed by atoms with E-state index in [0.717, 1.165) is 0 Å². The highest BCUT2D eigenvalue weighted by atomic mass is 79.9. The number of hydrogen-bond acceptors (Lipinski definition) is 8. The van der Waals surface area contributed by atoms with Crippen LogP contribution in [0.3, 0.4) is 0 Å². The molecule has 0 spiro atoms. The number of halogens is 1. The number of carbonyl (C=O) groups excluding carboxylic acids is 3. The first-order valence-corrected chi connectivity index (χ1v) is 12.5. The number of amides is 3. The fourth-order valence-electron chi connectivity index (χ4n) is 3.59. The van der Waals surface area contributed by atoms with E-state index in [-0.39, 0.29) is 31.1 Å². The number of allylic oxidation sites excluding steroid dienone is 1. The highest BCUT2D eigenvalue weighted by molar-refractivity contribution is 9.10. The topological polar surface area (TPSA) is 137 Å². The average Bonchev–Trinajstić information content (AvgIpc) is 2.91. The largest absolute Gasteiger partial charge is 0.493 e. The van der Waals surface area contributed by atoms with E-state index in [4.69, 9.17) is 25.4 Å². The molecule has 1 aliphatic heterocycles. The molecule has 0 saturated heterocycles. The van der Waals surface area contributed by atoms with Gasteiger partial charge in [-0.25, -0.2) is 15.0 Å². The number of nitrogens with one attached hydrogen (secondary N) is 3. The Kier molecular flexibility index (Phi) is 10.3. The number of nitrogens with zero attached hydrogens (tertiary/aromatic N) is 1. The van der Waals surface area contributed by atoms with Gasteiger partial charge in [-0.3, -0.25) is 4.79 Å². The van der Waals surface area contributed by atoms with Crippen LogP contribution in [0.2, 0.25) is 0 Å². The Balaban J connectivity index is 1.64. The summed E-state index contributed by atoms with van der Waals surface area (Å²) in [7, 11) is 1.44. The van der Waals surface area contributed by atoms with E-state index >= 15 is 0 Å². The fourth-order valence-corrected chi connectivity index (χ4v) is 4.11. The van der Waals surface area contributed by atoms with Crippen LogP contribution in [0.5, 0.6) is 17.2 Å². The molecule has 1 aliphatic rings. The van der Waals surface area contributed by atoms with E-state index in [1.807, 2.05) is 0 Å². The lowest BCUT2D eigenvalue weighted by Crippen LogP contribution is -2.45. The van der Waals surface area contributed by atoms with Gasteiger partial charge in [0.15, 0.2) is 18.1 Å². The smallest absolute Gasteiger partial charge is 0.338 e. The third-order valence-corrected chi connectivity index (χ3v) is 5.93. The minimum absolute atomic E-state index is 0.148. The van der Waals surface area contributed by atoms with Crippen molar-refractivity contribution < 1.29 is 33.3 Å². The van der Waals surface area contributed by atoms with Crippen LogP contribution in [0, 0.1) is 12.3 Å². The zero-order valence-electron chi connectivity index (χ0n) is 21.5. The molecule has 3 rings (SSSR count). The first-order chi connectivity index (χ1) is 18.8. The van der Waals surface area contributed by atoms with Crippen molar-refractivity contribution in [1.82, 2.24) is 16.1 Å². The number of carbonyl (C=O) groups is 3. The number of esters is 1. The predicted octanol–water partition coefficient (Wildman–Crippen LogP) is 3.19. The molecule has 0 radical (unpaired) electrons. The lowest BCUT2D eigenvalue weighted by Gasteiger charge is -2.28. The van der Waals surface area contributed by atoms with Gasteiger partial charge in [-0.05, 0) is 71.2 Å². The second kappa shape index (κ2) is 13.9. The van der Waals surface area contributed by atoms with Crippen molar-refractivity contribution in [2.75, 3.05) is 26.9 Å². The summed E-state index contributed by atoms with van der Waals surface area (Å²) in [6, 6.07) is 8.88. The molecule has 1 atom stereocenters. The lowest BCUT2D eigenvalue weighted by atomic mass is 9.95. The molecule has 0 saturated carbocycles. The molecule has 2 aromatic carbocycles. The quantitative estimate of drug-likeness (QED) is 0.156. The highest BCUT2D eigenvalue weighted by Crippen LogP contribution is 2.34. The van der Waals surface area contributed by atoms with Crippen LogP contribution < -0.4 is 30.3 Å². The maximum atomic E-state index is 12.5. The van der Waals surface area contributed by atoms with Gasteiger partial charge in [0.05, 0.1) is 36.0 Å². The van der Waals surface area contributed by atoms with Crippen LogP contribution in [0.4, 0.5) is 4.79 Å². The van der Waals surface area contributed by atoms with Crippen molar-refractivity contribution in [2.24, 2.45) is 5.10 Å². The molecule has 3 amide bonds. The maximum absolute atomic E-state index is 12.5. The predicted molar refractivity (Wildman–Crippen MR) is 146 cm³/mol. The standard InChI is InChI=1S/C27H27BrN4O7/c1-5-11-38-20-9-7-17(12-19(20)28)14-29-32-23(33)15-39-21-10-8-18(13-22(21)36-4)25-24(26(34)37-6-2)16(3)30-27(35)31-25/h1,7-10,12-14,25H,6,11,15H2,2-4H3,(H,32,33)(H2,30,31,35)/b29-14-/t25-/m0/s1. The van der Waals surface area contributed by atoms with E-state index in [1.165, 1.54) is 13.3 Å². The van der Waals surface area contributed by atoms with Crippen LogP contribution in [0.25, 0.3) is 0 Å². The summed E-state index contributed by atoms with van der Waals surface area (Å²) in [5.74, 6) is 2.52. The maximum Gasteiger partial charge on any atom is 0.338 e. The third kappa shape index (κ3) is 7.75. The number of methoxy groups -OCH3 is 1. The van der Waals surface area contributed by atoms with Gasteiger partial charge < -0.3 is 29.6 Å².